The Balaban J connectivity index is 1.71. The summed E-state index contributed by atoms with van der Waals surface area (Å²) in [5.41, 5.74) is 1.81. The van der Waals surface area contributed by atoms with Gasteiger partial charge in [0.25, 0.3) is 0 Å². The summed E-state index contributed by atoms with van der Waals surface area (Å²) < 4.78 is 5.79. The van der Waals surface area contributed by atoms with E-state index in [9.17, 15) is 9.59 Å². The number of ether oxygens (including phenoxy) is 1. The van der Waals surface area contributed by atoms with Crippen molar-refractivity contribution in [3.8, 4) is 5.75 Å². The lowest BCUT2D eigenvalue weighted by Crippen LogP contribution is -2.28. The Morgan fingerprint density at radius 2 is 2.08 bits per heavy atom. The highest BCUT2D eigenvalue weighted by Crippen LogP contribution is 2.28. The largest absolute Gasteiger partial charge is 0.489 e. The second-order valence-corrected chi connectivity index (χ2v) is 5.81. The van der Waals surface area contributed by atoms with Crippen LogP contribution in [0, 0.1) is 0 Å². The summed E-state index contributed by atoms with van der Waals surface area (Å²) in [5.74, 6) is 0.0937. The molecule has 5 nitrogen and oxygen atoms in total. The third-order valence-corrected chi connectivity index (χ3v) is 3.85. The van der Waals surface area contributed by atoms with Crippen LogP contribution >= 0.6 is 11.6 Å². The highest BCUT2D eigenvalue weighted by molar-refractivity contribution is 6.31. The molecule has 0 bridgehead atoms. The Labute approximate surface area is 144 Å². The number of halogens is 1. The number of anilines is 1. The molecule has 24 heavy (non-hydrogen) atoms. The van der Waals surface area contributed by atoms with Crippen molar-refractivity contribution in [2.45, 2.75) is 12.6 Å². The van der Waals surface area contributed by atoms with E-state index in [4.69, 9.17) is 16.3 Å². The molecular formula is C18H15ClN2O3. The number of aldehydes is 1. The van der Waals surface area contributed by atoms with Crippen LogP contribution in [0.1, 0.15) is 5.56 Å². The van der Waals surface area contributed by atoms with Crippen molar-refractivity contribution >= 4 is 35.7 Å². The molecule has 122 valence electrons. The van der Waals surface area contributed by atoms with E-state index in [1.807, 2.05) is 36.4 Å². The zero-order valence-corrected chi connectivity index (χ0v) is 13.5. The van der Waals surface area contributed by atoms with Gasteiger partial charge in [0.15, 0.2) is 6.29 Å². The molecule has 1 aliphatic heterocycles. The van der Waals surface area contributed by atoms with Crippen LogP contribution in [0.3, 0.4) is 0 Å². The molecule has 0 amide bonds. The number of Topliss-reactive ketones (excluding diaryl/α,β-unsaturated/α-hetero) is 1. The highest BCUT2D eigenvalue weighted by Gasteiger charge is 2.25. The van der Waals surface area contributed by atoms with Gasteiger partial charge in [-0.05, 0) is 17.7 Å². The first kappa shape index (κ1) is 16.2. The topological polar surface area (TPSA) is 59.0 Å². The highest BCUT2D eigenvalue weighted by atomic mass is 35.5. The summed E-state index contributed by atoms with van der Waals surface area (Å²) in [4.78, 5) is 27.8. The van der Waals surface area contributed by atoms with Crippen molar-refractivity contribution in [2.24, 2.45) is 4.99 Å². The Bertz CT molecular complexity index is 777. The lowest BCUT2D eigenvalue weighted by atomic mass is 10.2. The molecule has 0 saturated carbocycles. The quantitative estimate of drug-likeness (QED) is 0.598. The Kier molecular flexibility index (Phi) is 4.91. The van der Waals surface area contributed by atoms with Crippen molar-refractivity contribution in [1.82, 2.24) is 0 Å². The summed E-state index contributed by atoms with van der Waals surface area (Å²) in [5, 5.41) is 0.522. The van der Waals surface area contributed by atoms with E-state index in [1.165, 1.54) is 0 Å². The smallest absolute Gasteiger partial charge is 0.221 e. The molecule has 1 unspecified atom stereocenters. The standard InChI is InChI=1S/C18H15ClN2O3/c19-14-6-15(21-9-17(20-12-21)18(23)10-22)8-16(7-14)24-11-13-4-2-1-3-5-13/h1-8,10,12,17H,9,11H2. The zero-order valence-electron chi connectivity index (χ0n) is 12.8. The van der Waals surface area contributed by atoms with Gasteiger partial charge < -0.3 is 9.64 Å². The summed E-state index contributed by atoms with van der Waals surface area (Å²) in [6.07, 6.45) is 1.84. The molecule has 1 atom stereocenters. The number of rotatable bonds is 6. The summed E-state index contributed by atoms with van der Waals surface area (Å²) in [6.45, 7) is 0.747. The van der Waals surface area contributed by atoms with E-state index in [-0.39, 0.29) is 0 Å². The summed E-state index contributed by atoms with van der Waals surface area (Å²) >= 11 is 6.16. The van der Waals surface area contributed by atoms with Crippen molar-refractivity contribution in [3.63, 3.8) is 0 Å². The molecular weight excluding hydrogens is 328 g/mol. The second kappa shape index (κ2) is 7.27. The lowest BCUT2D eigenvalue weighted by Gasteiger charge is -2.17. The van der Waals surface area contributed by atoms with Crippen LogP contribution in [0.4, 0.5) is 5.69 Å². The number of benzene rings is 2. The fourth-order valence-corrected chi connectivity index (χ4v) is 2.61. The maximum atomic E-state index is 11.4. The van der Waals surface area contributed by atoms with Crippen LogP contribution < -0.4 is 9.64 Å². The van der Waals surface area contributed by atoms with Gasteiger partial charge in [0.1, 0.15) is 18.4 Å². The van der Waals surface area contributed by atoms with Gasteiger partial charge in [0.05, 0.1) is 12.9 Å². The predicted molar refractivity (Wildman–Crippen MR) is 92.9 cm³/mol. The van der Waals surface area contributed by atoms with E-state index in [1.54, 1.807) is 23.4 Å². The first-order valence-corrected chi connectivity index (χ1v) is 7.80. The second-order valence-electron chi connectivity index (χ2n) is 5.37. The monoisotopic (exact) mass is 342 g/mol. The average Bonchev–Trinajstić information content (AvgIpc) is 3.10. The van der Waals surface area contributed by atoms with Crippen LogP contribution in [0.25, 0.3) is 0 Å². The van der Waals surface area contributed by atoms with Crippen molar-refractivity contribution < 1.29 is 14.3 Å². The fraction of sp³-hybridized carbons (Fsp3) is 0.167. The number of carbonyl (C=O) groups is 2. The normalized spacial score (nSPS) is 16.2. The maximum Gasteiger partial charge on any atom is 0.221 e. The third-order valence-electron chi connectivity index (χ3n) is 3.64. The van der Waals surface area contributed by atoms with Crippen molar-refractivity contribution in [2.75, 3.05) is 11.4 Å². The molecule has 0 N–H and O–H groups in total. The van der Waals surface area contributed by atoms with Crippen LogP contribution in [-0.4, -0.2) is 31.0 Å². The molecule has 0 fully saturated rings. The maximum absolute atomic E-state index is 11.4. The van der Waals surface area contributed by atoms with Gasteiger partial charge in [-0.15, -0.1) is 0 Å². The summed E-state index contributed by atoms with van der Waals surface area (Å²) in [6, 6.07) is 14.5. The molecule has 0 radical (unpaired) electrons. The molecule has 2 aromatic carbocycles. The Hall–Kier alpha value is -2.66. The lowest BCUT2D eigenvalue weighted by molar-refractivity contribution is -0.130. The number of ketones is 1. The summed E-state index contributed by atoms with van der Waals surface area (Å²) in [7, 11) is 0. The van der Waals surface area contributed by atoms with Gasteiger partial charge >= 0.3 is 0 Å². The van der Waals surface area contributed by atoms with E-state index in [0.717, 1.165) is 11.3 Å². The van der Waals surface area contributed by atoms with Crippen LogP contribution in [0.2, 0.25) is 5.02 Å². The molecule has 0 aliphatic carbocycles. The van der Waals surface area contributed by atoms with Crippen LogP contribution in [0.15, 0.2) is 53.5 Å². The minimum absolute atomic E-state index is 0.303. The van der Waals surface area contributed by atoms with Crippen LogP contribution in [-0.2, 0) is 16.2 Å². The molecule has 6 heteroatoms. The van der Waals surface area contributed by atoms with E-state index < -0.39 is 11.8 Å². The minimum atomic E-state index is -0.657. The Morgan fingerprint density at radius 1 is 1.29 bits per heavy atom. The van der Waals surface area contributed by atoms with E-state index in [0.29, 0.717) is 30.2 Å². The van der Waals surface area contributed by atoms with Gasteiger partial charge in [-0.1, -0.05) is 41.9 Å². The number of hydrogen-bond donors (Lipinski definition) is 0. The van der Waals surface area contributed by atoms with Crippen LogP contribution in [0.5, 0.6) is 5.75 Å². The SMILES string of the molecule is O=CC(=O)C1CN(c2cc(Cl)cc(OCc3ccccc3)c2)C=N1. The molecule has 2 aromatic rings. The first-order chi connectivity index (χ1) is 11.7. The van der Waals surface area contributed by atoms with Gasteiger partial charge in [-0.2, -0.15) is 0 Å². The molecule has 0 saturated heterocycles. The van der Waals surface area contributed by atoms with Crippen molar-refractivity contribution in [3.05, 3.63) is 59.1 Å². The average molecular weight is 343 g/mol. The minimum Gasteiger partial charge on any atom is -0.489 e. The molecule has 0 aromatic heterocycles. The first-order valence-electron chi connectivity index (χ1n) is 7.42. The zero-order chi connectivity index (χ0) is 16.9. The molecule has 0 spiro atoms. The van der Waals surface area contributed by atoms with Gasteiger partial charge in [-0.3, -0.25) is 14.6 Å². The molecule has 1 aliphatic rings. The molecule has 3 rings (SSSR count). The number of aliphatic imine (C=N–C) groups is 1. The number of hydrogen-bond acceptors (Lipinski definition) is 5. The fourth-order valence-electron chi connectivity index (χ4n) is 2.39. The Morgan fingerprint density at radius 3 is 2.83 bits per heavy atom. The van der Waals surface area contributed by atoms with E-state index >= 15 is 0 Å². The van der Waals surface area contributed by atoms with Gasteiger partial charge in [0.2, 0.25) is 5.78 Å². The third kappa shape index (κ3) is 3.81. The van der Waals surface area contributed by atoms with Gasteiger partial charge in [0, 0.05) is 16.8 Å². The molecule has 1 heterocycles. The van der Waals surface area contributed by atoms with Gasteiger partial charge in [-0.25, -0.2) is 0 Å². The number of carbonyl (C=O) groups excluding carboxylic acids is 2. The van der Waals surface area contributed by atoms with Crippen molar-refractivity contribution in [1.29, 1.82) is 0 Å². The number of nitrogens with zero attached hydrogens (tertiary/aromatic N) is 2. The van der Waals surface area contributed by atoms with E-state index in [2.05, 4.69) is 4.99 Å². The predicted octanol–water partition coefficient (Wildman–Crippen LogP) is 2.90.